The normalized spacial score (nSPS) is 14.6. The number of aromatic nitrogens is 3. The van der Waals surface area contributed by atoms with E-state index in [1.165, 1.54) is 11.1 Å². The molecular weight excluding hydrogens is 314 g/mol. The first kappa shape index (κ1) is 14.2. The van der Waals surface area contributed by atoms with E-state index in [0.717, 1.165) is 41.0 Å². The standard InChI is InChI=1S/C19H17N5O/c1-23-12-15(10-21-23)17-3-5-19-20-11-16(24(19)22-17)9-13-2-4-18-14(8-13)6-7-25-18/h2-8,11-12,21H,9-10H2,1H3. The smallest absolute Gasteiger partial charge is 0.153 e. The highest BCUT2D eigenvalue weighted by molar-refractivity contribution is 5.77. The van der Waals surface area contributed by atoms with Crippen LogP contribution in [0.25, 0.3) is 22.2 Å². The van der Waals surface area contributed by atoms with E-state index >= 15 is 0 Å². The van der Waals surface area contributed by atoms with E-state index in [0.29, 0.717) is 0 Å². The molecule has 0 unspecified atom stereocenters. The number of nitrogens with zero attached hydrogens (tertiary/aromatic N) is 4. The largest absolute Gasteiger partial charge is 0.464 e. The molecule has 4 aromatic rings. The molecule has 0 saturated carbocycles. The summed E-state index contributed by atoms with van der Waals surface area (Å²) in [6.45, 7) is 0.788. The molecule has 0 amide bonds. The van der Waals surface area contributed by atoms with Crippen LogP contribution in [0, 0.1) is 0 Å². The Hall–Kier alpha value is -3.12. The summed E-state index contributed by atoms with van der Waals surface area (Å²) in [5.41, 5.74) is 9.44. The SMILES string of the molecule is CN1C=C(c2ccc3ncc(Cc4ccc5occc5c4)n3n2)CN1. The summed E-state index contributed by atoms with van der Waals surface area (Å²) in [6, 6.07) is 12.3. The van der Waals surface area contributed by atoms with Gasteiger partial charge in [-0.1, -0.05) is 6.07 Å². The molecule has 1 aliphatic heterocycles. The molecule has 0 fully saturated rings. The van der Waals surface area contributed by atoms with Gasteiger partial charge in [0, 0.05) is 37.2 Å². The highest BCUT2D eigenvalue weighted by Gasteiger charge is 2.14. The second kappa shape index (κ2) is 5.46. The number of hydrogen-bond acceptors (Lipinski definition) is 5. The Morgan fingerprint density at radius 1 is 1.20 bits per heavy atom. The number of fused-ring (bicyclic) bond motifs is 2. The summed E-state index contributed by atoms with van der Waals surface area (Å²) in [5, 5.41) is 7.87. The van der Waals surface area contributed by atoms with Gasteiger partial charge in [-0.25, -0.2) is 14.9 Å². The Morgan fingerprint density at radius 3 is 3.04 bits per heavy atom. The maximum Gasteiger partial charge on any atom is 0.153 e. The first-order chi connectivity index (χ1) is 12.3. The molecule has 25 heavy (non-hydrogen) atoms. The monoisotopic (exact) mass is 331 g/mol. The minimum Gasteiger partial charge on any atom is -0.464 e. The first-order valence-electron chi connectivity index (χ1n) is 8.23. The molecule has 0 spiro atoms. The van der Waals surface area contributed by atoms with E-state index in [2.05, 4.69) is 28.7 Å². The number of imidazole rings is 1. The predicted octanol–water partition coefficient (Wildman–Crippen LogP) is 2.86. The van der Waals surface area contributed by atoms with Crippen LogP contribution in [0.2, 0.25) is 0 Å². The maximum atomic E-state index is 5.41. The van der Waals surface area contributed by atoms with Gasteiger partial charge < -0.3 is 9.43 Å². The molecule has 1 aliphatic rings. The van der Waals surface area contributed by atoms with Crippen LogP contribution in [0.5, 0.6) is 0 Å². The van der Waals surface area contributed by atoms with Crippen molar-refractivity contribution in [1.29, 1.82) is 0 Å². The van der Waals surface area contributed by atoms with Gasteiger partial charge in [0.15, 0.2) is 5.65 Å². The molecule has 4 heterocycles. The van der Waals surface area contributed by atoms with E-state index in [4.69, 9.17) is 9.52 Å². The van der Waals surface area contributed by atoms with Crippen LogP contribution in [0.1, 0.15) is 17.0 Å². The zero-order valence-corrected chi connectivity index (χ0v) is 13.8. The number of benzene rings is 1. The molecular formula is C19H17N5O. The van der Waals surface area contributed by atoms with Crippen molar-refractivity contribution in [3.63, 3.8) is 0 Å². The van der Waals surface area contributed by atoms with Crippen molar-refractivity contribution in [2.24, 2.45) is 0 Å². The van der Waals surface area contributed by atoms with Crippen LogP contribution in [-0.2, 0) is 6.42 Å². The Kier molecular flexibility index (Phi) is 3.11. The third-order valence-electron chi connectivity index (χ3n) is 4.53. The zero-order chi connectivity index (χ0) is 16.8. The van der Waals surface area contributed by atoms with Crippen LogP contribution >= 0.6 is 0 Å². The van der Waals surface area contributed by atoms with Crippen LogP contribution in [0.3, 0.4) is 0 Å². The maximum absolute atomic E-state index is 5.41. The fourth-order valence-corrected chi connectivity index (χ4v) is 3.24. The summed E-state index contributed by atoms with van der Waals surface area (Å²) in [6.07, 6.45) is 6.46. The lowest BCUT2D eigenvalue weighted by Crippen LogP contribution is -2.23. The summed E-state index contributed by atoms with van der Waals surface area (Å²) in [7, 11) is 1.99. The molecule has 5 rings (SSSR count). The van der Waals surface area contributed by atoms with Gasteiger partial charge in [-0.15, -0.1) is 0 Å². The molecule has 0 bridgehead atoms. The molecule has 0 atom stereocenters. The van der Waals surface area contributed by atoms with Crippen LogP contribution in [-0.4, -0.2) is 33.2 Å². The Morgan fingerprint density at radius 2 is 2.16 bits per heavy atom. The number of hydrazine groups is 1. The molecule has 3 aromatic heterocycles. The van der Waals surface area contributed by atoms with Gasteiger partial charge in [0.05, 0.1) is 23.8 Å². The van der Waals surface area contributed by atoms with E-state index in [9.17, 15) is 0 Å². The fourth-order valence-electron chi connectivity index (χ4n) is 3.24. The van der Waals surface area contributed by atoms with Gasteiger partial charge in [0.2, 0.25) is 0 Å². The van der Waals surface area contributed by atoms with Crippen molar-refractivity contribution in [2.45, 2.75) is 6.42 Å². The molecule has 0 radical (unpaired) electrons. The van der Waals surface area contributed by atoms with E-state index in [-0.39, 0.29) is 0 Å². The lowest BCUT2D eigenvalue weighted by Gasteiger charge is -2.05. The predicted molar refractivity (Wildman–Crippen MR) is 95.7 cm³/mol. The van der Waals surface area contributed by atoms with Gasteiger partial charge >= 0.3 is 0 Å². The second-order valence-electron chi connectivity index (χ2n) is 6.31. The number of furan rings is 1. The summed E-state index contributed by atoms with van der Waals surface area (Å²) in [5.74, 6) is 0. The molecule has 0 aliphatic carbocycles. The summed E-state index contributed by atoms with van der Waals surface area (Å²) >= 11 is 0. The number of rotatable bonds is 3. The molecule has 1 N–H and O–H groups in total. The van der Waals surface area contributed by atoms with E-state index in [1.807, 2.05) is 47.0 Å². The summed E-state index contributed by atoms with van der Waals surface area (Å²) < 4.78 is 7.35. The molecule has 6 nitrogen and oxygen atoms in total. The van der Waals surface area contributed by atoms with Crippen LogP contribution < -0.4 is 5.43 Å². The minimum absolute atomic E-state index is 0.774. The van der Waals surface area contributed by atoms with E-state index in [1.54, 1.807) is 6.26 Å². The molecule has 6 heteroatoms. The summed E-state index contributed by atoms with van der Waals surface area (Å²) in [4.78, 5) is 4.49. The van der Waals surface area contributed by atoms with Gasteiger partial charge in [-0.05, 0) is 35.9 Å². The van der Waals surface area contributed by atoms with Crippen molar-refractivity contribution in [1.82, 2.24) is 25.0 Å². The third kappa shape index (κ3) is 2.47. The van der Waals surface area contributed by atoms with Crippen molar-refractivity contribution in [3.05, 3.63) is 72.0 Å². The molecule has 1 aromatic carbocycles. The highest BCUT2D eigenvalue weighted by atomic mass is 16.3. The lowest BCUT2D eigenvalue weighted by molar-refractivity contribution is 0.374. The van der Waals surface area contributed by atoms with Crippen LogP contribution in [0.15, 0.2) is 59.5 Å². The second-order valence-corrected chi connectivity index (χ2v) is 6.31. The Labute approximate surface area is 144 Å². The van der Waals surface area contributed by atoms with Crippen molar-refractivity contribution in [3.8, 4) is 0 Å². The first-order valence-corrected chi connectivity index (χ1v) is 8.23. The van der Waals surface area contributed by atoms with Crippen molar-refractivity contribution < 1.29 is 4.42 Å². The lowest BCUT2D eigenvalue weighted by atomic mass is 10.1. The number of hydrogen-bond donors (Lipinski definition) is 1. The number of nitrogens with one attached hydrogen (secondary N) is 1. The Bertz CT molecular complexity index is 1110. The highest BCUT2D eigenvalue weighted by Crippen LogP contribution is 2.21. The fraction of sp³-hybridized carbons (Fsp3) is 0.158. The van der Waals surface area contributed by atoms with Crippen molar-refractivity contribution in [2.75, 3.05) is 13.6 Å². The van der Waals surface area contributed by atoms with Gasteiger partial charge in [0.1, 0.15) is 5.58 Å². The molecule has 124 valence electrons. The minimum atomic E-state index is 0.774. The molecule has 0 saturated heterocycles. The van der Waals surface area contributed by atoms with Gasteiger partial charge in [0.25, 0.3) is 0 Å². The average Bonchev–Trinajstić information content (AvgIpc) is 3.34. The van der Waals surface area contributed by atoms with Crippen molar-refractivity contribution >= 4 is 22.2 Å². The quantitative estimate of drug-likeness (QED) is 0.625. The van der Waals surface area contributed by atoms with Gasteiger partial charge in [-0.3, -0.25) is 0 Å². The Balaban J connectivity index is 1.53. The average molecular weight is 331 g/mol. The zero-order valence-electron chi connectivity index (χ0n) is 13.8. The van der Waals surface area contributed by atoms with Crippen LogP contribution in [0.4, 0.5) is 0 Å². The third-order valence-corrected chi connectivity index (χ3v) is 4.53. The topological polar surface area (TPSA) is 58.6 Å². The van der Waals surface area contributed by atoms with Gasteiger partial charge in [-0.2, -0.15) is 5.10 Å². The van der Waals surface area contributed by atoms with E-state index < -0.39 is 0 Å².